The molecule has 5 nitrogen and oxygen atoms in total. The van der Waals surface area contributed by atoms with Crippen LogP contribution in [-0.2, 0) is 11.2 Å². The van der Waals surface area contributed by atoms with Gasteiger partial charge < -0.3 is 15.6 Å². The molecule has 1 amide bonds. The number of nitrogens with two attached hydrogens (primary N) is 1. The Morgan fingerprint density at radius 3 is 2.96 bits per heavy atom. The van der Waals surface area contributed by atoms with Crippen molar-refractivity contribution in [3.8, 4) is 0 Å². The number of nitrogens with zero attached hydrogens (tertiary/aromatic N) is 2. The molecule has 3 N–H and O–H groups in total. The van der Waals surface area contributed by atoms with E-state index in [2.05, 4.69) is 23.0 Å². The lowest BCUT2D eigenvalue weighted by Crippen LogP contribution is -2.33. The van der Waals surface area contributed by atoms with Crippen LogP contribution in [0, 0.1) is 18.8 Å². The predicted octanol–water partition coefficient (Wildman–Crippen LogP) is 2.42. The van der Waals surface area contributed by atoms with E-state index >= 15 is 0 Å². The van der Waals surface area contributed by atoms with Crippen molar-refractivity contribution in [1.29, 1.82) is 0 Å². The second-order valence-electron chi connectivity index (χ2n) is 7.12. The fourth-order valence-electron chi connectivity index (χ4n) is 4.24. The van der Waals surface area contributed by atoms with Crippen LogP contribution in [0.25, 0.3) is 11.0 Å². The number of imidazole rings is 1. The molecule has 0 radical (unpaired) electrons. The van der Waals surface area contributed by atoms with Crippen molar-refractivity contribution in [2.45, 2.75) is 38.6 Å². The lowest BCUT2D eigenvalue weighted by Gasteiger charge is -2.18. The van der Waals surface area contributed by atoms with E-state index in [9.17, 15) is 4.79 Å². The van der Waals surface area contributed by atoms with Gasteiger partial charge in [0.05, 0.1) is 11.0 Å². The minimum atomic E-state index is 0. The maximum Gasteiger partial charge on any atom is 0.223 e. The van der Waals surface area contributed by atoms with Crippen molar-refractivity contribution in [2.24, 2.45) is 17.6 Å². The molecule has 24 heavy (non-hydrogen) atoms. The Morgan fingerprint density at radius 2 is 2.21 bits per heavy atom. The number of fused-ring (bicyclic) bond motifs is 2. The molecule has 2 fully saturated rings. The van der Waals surface area contributed by atoms with Gasteiger partial charge in [0.2, 0.25) is 5.91 Å². The van der Waals surface area contributed by atoms with Crippen LogP contribution < -0.4 is 5.73 Å². The summed E-state index contributed by atoms with van der Waals surface area (Å²) in [7, 11) is 0. The molecule has 3 unspecified atom stereocenters. The summed E-state index contributed by atoms with van der Waals surface area (Å²) < 4.78 is 0. The van der Waals surface area contributed by atoms with Gasteiger partial charge in [0, 0.05) is 32.0 Å². The molecule has 2 aliphatic rings. The normalized spacial score (nSPS) is 25.8. The second kappa shape index (κ2) is 6.73. The van der Waals surface area contributed by atoms with E-state index in [4.69, 9.17) is 5.73 Å². The molecule has 0 spiro atoms. The average Bonchev–Trinajstić information content (AvgIpc) is 3.21. The molecule has 6 heteroatoms. The molecule has 1 aromatic carbocycles. The largest absolute Gasteiger partial charge is 0.342 e. The fraction of sp³-hybridized carbons (Fsp3) is 0.556. The zero-order valence-electron chi connectivity index (χ0n) is 14.0. The Hall–Kier alpha value is -1.59. The highest BCUT2D eigenvalue weighted by atomic mass is 35.5. The van der Waals surface area contributed by atoms with Crippen LogP contribution in [0.1, 0.15) is 30.7 Å². The number of hydrogen-bond acceptors (Lipinski definition) is 3. The van der Waals surface area contributed by atoms with Gasteiger partial charge in [-0.15, -0.1) is 12.4 Å². The highest BCUT2D eigenvalue weighted by Crippen LogP contribution is 2.37. The number of carbonyl (C=O) groups excluding carboxylic acids is 1. The van der Waals surface area contributed by atoms with E-state index in [1.54, 1.807) is 0 Å². The number of rotatable bonds is 3. The Bertz CT molecular complexity index is 744. The van der Waals surface area contributed by atoms with Gasteiger partial charge >= 0.3 is 0 Å². The molecule has 1 aliphatic heterocycles. The summed E-state index contributed by atoms with van der Waals surface area (Å²) in [6.07, 6.45) is 3.49. The maximum atomic E-state index is 12.5. The molecule has 130 valence electrons. The van der Waals surface area contributed by atoms with Gasteiger partial charge in [-0.1, -0.05) is 12.1 Å². The number of H-pyrrole nitrogens is 1. The van der Waals surface area contributed by atoms with Crippen LogP contribution in [0.3, 0.4) is 0 Å². The predicted molar refractivity (Wildman–Crippen MR) is 97.2 cm³/mol. The smallest absolute Gasteiger partial charge is 0.223 e. The zero-order chi connectivity index (χ0) is 16.0. The third-order valence-corrected chi connectivity index (χ3v) is 5.60. The van der Waals surface area contributed by atoms with Crippen LogP contribution in [-0.4, -0.2) is 39.9 Å². The van der Waals surface area contributed by atoms with E-state index in [0.29, 0.717) is 24.7 Å². The van der Waals surface area contributed by atoms with Crippen LogP contribution in [0.2, 0.25) is 0 Å². The summed E-state index contributed by atoms with van der Waals surface area (Å²) in [6.45, 7) is 3.81. The molecule has 1 saturated heterocycles. The fourth-order valence-corrected chi connectivity index (χ4v) is 4.24. The van der Waals surface area contributed by atoms with Crippen LogP contribution in [0.15, 0.2) is 18.2 Å². The minimum Gasteiger partial charge on any atom is -0.342 e. The van der Waals surface area contributed by atoms with E-state index in [-0.39, 0.29) is 24.4 Å². The standard InChI is InChI=1S/C18H24N4O.ClH/c1-11-3-2-4-15-18(11)21-16(20-15)7-8-17(23)22-9-12-5-6-14(19)13(12)10-22;/h2-4,12-14H,5-10,19H2,1H3,(H,20,21);1H. The molecule has 3 atom stereocenters. The Labute approximate surface area is 148 Å². The third kappa shape index (κ3) is 3.03. The van der Waals surface area contributed by atoms with Gasteiger partial charge in [0.25, 0.3) is 0 Å². The molecule has 0 bridgehead atoms. The van der Waals surface area contributed by atoms with E-state index in [1.807, 2.05) is 17.0 Å². The topological polar surface area (TPSA) is 75.0 Å². The Balaban J connectivity index is 0.00000169. The lowest BCUT2D eigenvalue weighted by molar-refractivity contribution is -0.130. The first-order chi connectivity index (χ1) is 11.1. The lowest BCUT2D eigenvalue weighted by atomic mass is 9.98. The van der Waals surface area contributed by atoms with E-state index in [0.717, 1.165) is 41.9 Å². The van der Waals surface area contributed by atoms with Crippen molar-refractivity contribution < 1.29 is 4.79 Å². The first kappa shape index (κ1) is 17.2. The number of aromatic amines is 1. The van der Waals surface area contributed by atoms with Crippen molar-refractivity contribution in [1.82, 2.24) is 14.9 Å². The van der Waals surface area contributed by atoms with Gasteiger partial charge in [-0.05, 0) is 43.2 Å². The minimum absolute atomic E-state index is 0. The van der Waals surface area contributed by atoms with Crippen LogP contribution in [0.5, 0.6) is 0 Å². The molecule has 2 heterocycles. The Kier molecular flexibility index (Phi) is 4.83. The molecular formula is C18H25ClN4O. The van der Waals surface area contributed by atoms with E-state index in [1.165, 1.54) is 6.42 Å². The molecule has 1 aromatic heterocycles. The van der Waals surface area contributed by atoms with Crippen LogP contribution in [0.4, 0.5) is 0 Å². The number of nitrogens with one attached hydrogen (secondary N) is 1. The van der Waals surface area contributed by atoms with Gasteiger partial charge in [0.15, 0.2) is 0 Å². The molecule has 2 aromatic rings. The number of amides is 1. The highest BCUT2D eigenvalue weighted by Gasteiger charge is 2.42. The van der Waals surface area contributed by atoms with Gasteiger partial charge in [0.1, 0.15) is 5.82 Å². The summed E-state index contributed by atoms with van der Waals surface area (Å²) in [5.74, 6) is 2.29. The highest BCUT2D eigenvalue weighted by molar-refractivity contribution is 5.85. The summed E-state index contributed by atoms with van der Waals surface area (Å²) in [6, 6.07) is 6.40. The van der Waals surface area contributed by atoms with Crippen molar-refractivity contribution in [2.75, 3.05) is 13.1 Å². The molecule has 1 aliphatic carbocycles. The third-order valence-electron chi connectivity index (χ3n) is 5.60. The number of likely N-dealkylation sites (tertiary alicyclic amines) is 1. The molecule has 4 rings (SSSR count). The zero-order valence-corrected chi connectivity index (χ0v) is 14.8. The van der Waals surface area contributed by atoms with Gasteiger partial charge in [-0.3, -0.25) is 4.79 Å². The number of hydrogen-bond donors (Lipinski definition) is 2. The number of carbonyl (C=O) groups is 1. The van der Waals surface area contributed by atoms with Gasteiger partial charge in [-0.25, -0.2) is 4.98 Å². The SMILES string of the molecule is Cc1cccc2[nH]c(CCC(=O)N3CC4CCC(N)C4C3)nc12.Cl. The number of aryl methyl sites for hydroxylation is 2. The van der Waals surface area contributed by atoms with Crippen LogP contribution >= 0.6 is 12.4 Å². The number of benzene rings is 1. The van der Waals surface area contributed by atoms with Crippen molar-refractivity contribution >= 4 is 29.3 Å². The average molecular weight is 349 g/mol. The van der Waals surface area contributed by atoms with Gasteiger partial charge in [-0.2, -0.15) is 0 Å². The first-order valence-corrected chi connectivity index (χ1v) is 8.59. The summed E-state index contributed by atoms with van der Waals surface area (Å²) in [4.78, 5) is 22.5. The van der Waals surface area contributed by atoms with E-state index < -0.39 is 0 Å². The maximum absolute atomic E-state index is 12.5. The monoisotopic (exact) mass is 348 g/mol. The number of aromatic nitrogens is 2. The molecule has 1 saturated carbocycles. The number of para-hydroxylation sites is 1. The number of halogens is 1. The van der Waals surface area contributed by atoms with Crippen molar-refractivity contribution in [3.63, 3.8) is 0 Å². The summed E-state index contributed by atoms with van der Waals surface area (Å²) >= 11 is 0. The molecular weight excluding hydrogens is 324 g/mol. The quantitative estimate of drug-likeness (QED) is 0.894. The van der Waals surface area contributed by atoms with Crippen molar-refractivity contribution in [3.05, 3.63) is 29.6 Å². The Morgan fingerprint density at radius 1 is 1.38 bits per heavy atom. The summed E-state index contributed by atoms with van der Waals surface area (Å²) in [5.41, 5.74) is 9.38. The summed E-state index contributed by atoms with van der Waals surface area (Å²) in [5, 5.41) is 0. The second-order valence-corrected chi connectivity index (χ2v) is 7.12. The first-order valence-electron chi connectivity index (χ1n) is 8.59.